The molecular formula is C26H28N2O5. The van der Waals surface area contributed by atoms with Crippen LogP contribution in [0.4, 0.5) is 0 Å². The number of methoxy groups -OCH3 is 3. The molecule has 33 heavy (non-hydrogen) atoms. The van der Waals surface area contributed by atoms with Crippen LogP contribution in [0.1, 0.15) is 54.8 Å². The van der Waals surface area contributed by atoms with Crippen LogP contribution in [0.25, 0.3) is 0 Å². The number of amides is 1. The summed E-state index contributed by atoms with van der Waals surface area (Å²) in [6.07, 6.45) is 0.674. The Balaban J connectivity index is 1.84. The van der Waals surface area contributed by atoms with E-state index in [1.54, 1.807) is 28.1 Å². The SMILES string of the molecule is COC(=O)c1c(C)[nH]c(C(=O)N2CCc3cc(OC)c(OC)cc3C2c2ccccc2)c1C. The Hall–Kier alpha value is -3.74. The van der Waals surface area contributed by atoms with Crippen molar-refractivity contribution in [3.05, 3.63) is 81.7 Å². The molecule has 1 unspecified atom stereocenters. The second-order valence-corrected chi connectivity index (χ2v) is 8.08. The van der Waals surface area contributed by atoms with Gasteiger partial charge in [-0.25, -0.2) is 4.79 Å². The summed E-state index contributed by atoms with van der Waals surface area (Å²) in [4.78, 5) is 31.1. The van der Waals surface area contributed by atoms with E-state index in [0.717, 1.165) is 16.7 Å². The fourth-order valence-electron chi connectivity index (χ4n) is 4.68. The van der Waals surface area contributed by atoms with Crippen LogP contribution in [-0.2, 0) is 11.2 Å². The predicted molar refractivity (Wildman–Crippen MR) is 124 cm³/mol. The second kappa shape index (κ2) is 9.02. The van der Waals surface area contributed by atoms with E-state index >= 15 is 0 Å². The van der Waals surface area contributed by atoms with Gasteiger partial charge < -0.3 is 24.1 Å². The molecule has 0 aliphatic carbocycles. The molecule has 1 aliphatic heterocycles. The fraction of sp³-hybridized carbons (Fsp3) is 0.308. The van der Waals surface area contributed by atoms with Gasteiger partial charge in [0.05, 0.1) is 32.9 Å². The summed E-state index contributed by atoms with van der Waals surface area (Å²) in [5, 5.41) is 0. The van der Waals surface area contributed by atoms with E-state index in [2.05, 4.69) is 4.98 Å². The van der Waals surface area contributed by atoms with Crippen molar-refractivity contribution in [1.82, 2.24) is 9.88 Å². The van der Waals surface area contributed by atoms with Crippen LogP contribution in [0.2, 0.25) is 0 Å². The van der Waals surface area contributed by atoms with E-state index in [1.165, 1.54) is 7.11 Å². The number of rotatable bonds is 5. The number of aryl methyl sites for hydroxylation is 1. The van der Waals surface area contributed by atoms with E-state index in [0.29, 0.717) is 47.0 Å². The third-order valence-corrected chi connectivity index (χ3v) is 6.29. The van der Waals surface area contributed by atoms with Gasteiger partial charge in [0.2, 0.25) is 0 Å². The maximum Gasteiger partial charge on any atom is 0.339 e. The molecule has 2 aromatic carbocycles. The summed E-state index contributed by atoms with van der Waals surface area (Å²) in [5.74, 6) is 0.661. The summed E-state index contributed by atoms with van der Waals surface area (Å²) in [6, 6.07) is 13.6. The van der Waals surface area contributed by atoms with Crippen LogP contribution >= 0.6 is 0 Å². The van der Waals surface area contributed by atoms with Gasteiger partial charge in [-0.3, -0.25) is 4.79 Å². The van der Waals surface area contributed by atoms with E-state index in [1.807, 2.05) is 47.4 Å². The van der Waals surface area contributed by atoms with Crippen LogP contribution in [0.5, 0.6) is 11.5 Å². The Morgan fingerprint density at radius 2 is 1.67 bits per heavy atom. The number of esters is 1. The van der Waals surface area contributed by atoms with E-state index in [9.17, 15) is 9.59 Å². The minimum atomic E-state index is -0.458. The van der Waals surface area contributed by atoms with Crippen molar-refractivity contribution in [2.75, 3.05) is 27.9 Å². The van der Waals surface area contributed by atoms with Crippen LogP contribution in [0.3, 0.4) is 0 Å². The van der Waals surface area contributed by atoms with Gasteiger partial charge >= 0.3 is 5.97 Å². The molecule has 1 amide bonds. The molecule has 0 spiro atoms. The Kier molecular flexibility index (Phi) is 6.14. The third-order valence-electron chi connectivity index (χ3n) is 6.29. The van der Waals surface area contributed by atoms with E-state index < -0.39 is 5.97 Å². The minimum Gasteiger partial charge on any atom is -0.493 e. The molecule has 1 atom stereocenters. The number of carbonyl (C=O) groups excluding carboxylic acids is 2. The molecule has 3 aromatic rings. The normalized spacial score (nSPS) is 15.1. The van der Waals surface area contributed by atoms with Gasteiger partial charge in [-0.05, 0) is 54.7 Å². The largest absolute Gasteiger partial charge is 0.493 e. The highest BCUT2D eigenvalue weighted by molar-refractivity contribution is 6.01. The van der Waals surface area contributed by atoms with E-state index in [4.69, 9.17) is 14.2 Å². The van der Waals surface area contributed by atoms with Crippen LogP contribution in [-0.4, -0.2) is 49.6 Å². The lowest BCUT2D eigenvalue weighted by Gasteiger charge is -2.38. The number of benzene rings is 2. The first kappa shape index (κ1) is 22.5. The lowest BCUT2D eigenvalue weighted by molar-refractivity contribution is 0.0599. The molecular weight excluding hydrogens is 420 g/mol. The third kappa shape index (κ3) is 3.84. The molecule has 0 saturated heterocycles. The van der Waals surface area contributed by atoms with Gasteiger partial charge in [-0.2, -0.15) is 0 Å². The van der Waals surface area contributed by atoms with Crippen molar-refractivity contribution in [3.63, 3.8) is 0 Å². The monoisotopic (exact) mass is 448 g/mol. The minimum absolute atomic E-state index is 0.167. The van der Waals surface area contributed by atoms with Crippen molar-refractivity contribution < 1.29 is 23.8 Å². The standard InChI is InChI=1S/C26H28N2O5/c1-15-22(26(30)33-5)16(2)27-23(15)25(29)28-12-11-18-13-20(31-3)21(32-4)14-19(18)24(28)17-9-7-6-8-10-17/h6-10,13-14,24,27H,11-12H2,1-5H3. The molecule has 1 aromatic heterocycles. The van der Waals surface area contributed by atoms with Gasteiger partial charge in [0.15, 0.2) is 11.5 Å². The topological polar surface area (TPSA) is 80.9 Å². The Morgan fingerprint density at radius 1 is 1.00 bits per heavy atom. The Labute approximate surface area is 193 Å². The highest BCUT2D eigenvalue weighted by Crippen LogP contribution is 2.41. The summed E-state index contributed by atoms with van der Waals surface area (Å²) < 4.78 is 16.0. The molecule has 0 saturated carbocycles. The Morgan fingerprint density at radius 3 is 2.30 bits per heavy atom. The lowest BCUT2D eigenvalue weighted by Crippen LogP contribution is -2.41. The number of carbonyl (C=O) groups is 2. The average Bonchev–Trinajstić information content (AvgIpc) is 3.15. The van der Waals surface area contributed by atoms with Gasteiger partial charge in [-0.1, -0.05) is 30.3 Å². The molecule has 7 heteroatoms. The van der Waals surface area contributed by atoms with Gasteiger partial charge in [0.1, 0.15) is 5.69 Å². The number of ether oxygens (including phenoxy) is 3. The molecule has 1 N–H and O–H groups in total. The highest BCUT2D eigenvalue weighted by atomic mass is 16.5. The van der Waals surface area contributed by atoms with Crippen molar-refractivity contribution in [1.29, 1.82) is 0 Å². The molecule has 4 rings (SSSR count). The van der Waals surface area contributed by atoms with E-state index in [-0.39, 0.29) is 11.9 Å². The number of hydrogen-bond donors (Lipinski definition) is 1. The number of fused-ring (bicyclic) bond motifs is 1. The van der Waals surface area contributed by atoms with Gasteiger partial charge in [0.25, 0.3) is 5.91 Å². The van der Waals surface area contributed by atoms with Crippen molar-refractivity contribution in [3.8, 4) is 11.5 Å². The zero-order valence-corrected chi connectivity index (χ0v) is 19.5. The summed E-state index contributed by atoms with van der Waals surface area (Å²) in [5.41, 5.74) is 5.11. The fourth-order valence-corrected chi connectivity index (χ4v) is 4.68. The molecule has 0 radical (unpaired) electrons. The predicted octanol–water partition coefficient (Wildman–Crippen LogP) is 4.22. The van der Waals surface area contributed by atoms with Crippen LogP contribution < -0.4 is 9.47 Å². The average molecular weight is 449 g/mol. The highest BCUT2D eigenvalue weighted by Gasteiger charge is 2.35. The first-order valence-electron chi connectivity index (χ1n) is 10.8. The smallest absolute Gasteiger partial charge is 0.339 e. The molecule has 7 nitrogen and oxygen atoms in total. The van der Waals surface area contributed by atoms with Crippen molar-refractivity contribution >= 4 is 11.9 Å². The van der Waals surface area contributed by atoms with Crippen LogP contribution in [0.15, 0.2) is 42.5 Å². The molecule has 0 fully saturated rings. The second-order valence-electron chi connectivity index (χ2n) is 8.08. The first-order chi connectivity index (χ1) is 15.9. The summed E-state index contributed by atoms with van der Waals surface area (Å²) >= 11 is 0. The molecule has 0 bridgehead atoms. The maximum atomic E-state index is 13.9. The summed E-state index contributed by atoms with van der Waals surface area (Å²) in [6.45, 7) is 4.06. The summed E-state index contributed by atoms with van der Waals surface area (Å²) in [7, 11) is 4.56. The first-order valence-corrected chi connectivity index (χ1v) is 10.8. The molecule has 172 valence electrons. The quantitative estimate of drug-likeness (QED) is 0.591. The number of H-pyrrole nitrogens is 1. The van der Waals surface area contributed by atoms with Crippen molar-refractivity contribution in [2.45, 2.75) is 26.3 Å². The number of aromatic nitrogens is 1. The lowest BCUT2D eigenvalue weighted by atomic mass is 9.87. The number of nitrogens with zero attached hydrogens (tertiary/aromatic N) is 1. The number of nitrogens with one attached hydrogen (secondary N) is 1. The molecule has 2 heterocycles. The molecule has 1 aliphatic rings. The Bertz CT molecular complexity index is 1200. The maximum absolute atomic E-state index is 13.9. The zero-order valence-electron chi connectivity index (χ0n) is 19.5. The van der Waals surface area contributed by atoms with Crippen LogP contribution in [0, 0.1) is 13.8 Å². The van der Waals surface area contributed by atoms with Gasteiger partial charge in [-0.15, -0.1) is 0 Å². The number of aromatic amines is 1. The van der Waals surface area contributed by atoms with Gasteiger partial charge in [0, 0.05) is 12.2 Å². The number of hydrogen-bond acceptors (Lipinski definition) is 5. The zero-order chi connectivity index (χ0) is 23.7. The van der Waals surface area contributed by atoms with Crippen molar-refractivity contribution in [2.24, 2.45) is 0 Å².